The maximum absolute atomic E-state index is 12.1. The van der Waals surface area contributed by atoms with Gasteiger partial charge in [0.25, 0.3) is 0 Å². The molecule has 0 fully saturated rings. The SMILES string of the molecule is Cc1ccc(-c2ccc(/C=C/C(=O)Nc3ccc(N)cc3Br)o2)cc1Cl. The molecule has 0 saturated heterocycles. The molecule has 132 valence electrons. The second kappa shape index (κ2) is 7.81. The zero-order valence-electron chi connectivity index (χ0n) is 13.9. The zero-order valence-corrected chi connectivity index (χ0v) is 16.3. The molecule has 0 aliphatic carbocycles. The van der Waals surface area contributed by atoms with Crippen LogP contribution in [0.25, 0.3) is 17.4 Å². The van der Waals surface area contributed by atoms with Gasteiger partial charge in [0.15, 0.2) is 0 Å². The number of rotatable bonds is 4. The summed E-state index contributed by atoms with van der Waals surface area (Å²) in [5, 5.41) is 3.46. The van der Waals surface area contributed by atoms with E-state index in [0.29, 0.717) is 27.9 Å². The molecule has 0 aliphatic rings. The summed E-state index contributed by atoms with van der Waals surface area (Å²) in [7, 11) is 0. The number of halogens is 2. The minimum Gasteiger partial charge on any atom is -0.457 e. The first-order chi connectivity index (χ1) is 12.4. The third-order valence-electron chi connectivity index (χ3n) is 3.73. The Kier molecular flexibility index (Phi) is 5.49. The van der Waals surface area contributed by atoms with Crippen LogP contribution in [-0.4, -0.2) is 5.91 Å². The number of hydrogen-bond acceptors (Lipinski definition) is 3. The zero-order chi connectivity index (χ0) is 18.7. The lowest BCUT2D eigenvalue weighted by Crippen LogP contribution is -2.08. The summed E-state index contributed by atoms with van der Waals surface area (Å²) in [4.78, 5) is 12.1. The van der Waals surface area contributed by atoms with Crippen LogP contribution < -0.4 is 11.1 Å². The van der Waals surface area contributed by atoms with Crippen molar-refractivity contribution in [2.24, 2.45) is 0 Å². The molecule has 1 amide bonds. The van der Waals surface area contributed by atoms with Gasteiger partial charge in [0, 0.05) is 26.8 Å². The van der Waals surface area contributed by atoms with Crippen LogP contribution >= 0.6 is 27.5 Å². The fourth-order valence-corrected chi connectivity index (χ4v) is 2.98. The van der Waals surface area contributed by atoms with E-state index < -0.39 is 0 Å². The number of nitrogens with two attached hydrogens (primary N) is 1. The highest BCUT2D eigenvalue weighted by Crippen LogP contribution is 2.27. The van der Waals surface area contributed by atoms with E-state index in [1.807, 2.05) is 31.2 Å². The van der Waals surface area contributed by atoms with Crippen molar-refractivity contribution in [1.82, 2.24) is 0 Å². The van der Waals surface area contributed by atoms with Crippen molar-refractivity contribution < 1.29 is 9.21 Å². The molecule has 1 aromatic heterocycles. The van der Waals surface area contributed by atoms with Gasteiger partial charge in [0.2, 0.25) is 5.91 Å². The van der Waals surface area contributed by atoms with E-state index >= 15 is 0 Å². The number of carbonyl (C=O) groups is 1. The fraction of sp³-hybridized carbons (Fsp3) is 0.0500. The summed E-state index contributed by atoms with van der Waals surface area (Å²) in [5.41, 5.74) is 8.83. The van der Waals surface area contributed by atoms with E-state index in [-0.39, 0.29) is 5.91 Å². The Morgan fingerprint density at radius 1 is 1.19 bits per heavy atom. The lowest BCUT2D eigenvalue weighted by Gasteiger charge is -2.05. The van der Waals surface area contributed by atoms with Gasteiger partial charge in [-0.05, 0) is 70.9 Å². The lowest BCUT2D eigenvalue weighted by atomic mass is 10.1. The molecule has 26 heavy (non-hydrogen) atoms. The molecule has 2 aromatic carbocycles. The van der Waals surface area contributed by atoms with Crippen LogP contribution in [0.15, 0.2) is 63.5 Å². The first-order valence-corrected chi connectivity index (χ1v) is 9.00. The van der Waals surface area contributed by atoms with Gasteiger partial charge in [0.05, 0.1) is 5.69 Å². The number of benzene rings is 2. The number of aryl methyl sites for hydroxylation is 1. The number of nitrogens with one attached hydrogen (secondary N) is 1. The van der Waals surface area contributed by atoms with Gasteiger partial charge in [-0.3, -0.25) is 4.79 Å². The average Bonchev–Trinajstić information content (AvgIpc) is 3.07. The van der Waals surface area contributed by atoms with Crippen LogP contribution in [0.2, 0.25) is 5.02 Å². The normalized spacial score (nSPS) is 11.0. The van der Waals surface area contributed by atoms with Crippen molar-refractivity contribution in [2.75, 3.05) is 11.1 Å². The number of hydrogen-bond donors (Lipinski definition) is 2. The number of anilines is 2. The quantitative estimate of drug-likeness (QED) is 0.399. The fourth-order valence-electron chi connectivity index (χ4n) is 2.31. The number of nitrogen functional groups attached to an aromatic ring is 1. The molecule has 6 heteroatoms. The summed E-state index contributed by atoms with van der Waals surface area (Å²) in [5.74, 6) is 0.989. The number of furan rings is 1. The van der Waals surface area contributed by atoms with Crippen molar-refractivity contribution in [3.05, 3.63) is 75.4 Å². The maximum Gasteiger partial charge on any atom is 0.248 e. The Morgan fingerprint density at radius 3 is 2.73 bits per heavy atom. The van der Waals surface area contributed by atoms with E-state index in [9.17, 15) is 4.79 Å². The van der Waals surface area contributed by atoms with Crippen molar-refractivity contribution in [3.8, 4) is 11.3 Å². The molecule has 3 aromatic rings. The van der Waals surface area contributed by atoms with Gasteiger partial charge >= 0.3 is 0 Å². The van der Waals surface area contributed by atoms with Crippen molar-refractivity contribution >= 4 is 50.9 Å². The Labute approximate surface area is 164 Å². The van der Waals surface area contributed by atoms with E-state index in [1.165, 1.54) is 6.08 Å². The minimum absolute atomic E-state index is 0.271. The monoisotopic (exact) mass is 430 g/mol. The molecule has 3 N–H and O–H groups in total. The molecule has 1 heterocycles. The Bertz CT molecular complexity index is 995. The first kappa shape index (κ1) is 18.3. The summed E-state index contributed by atoms with van der Waals surface area (Å²) < 4.78 is 6.47. The van der Waals surface area contributed by atoms with Crippen LogP contribution in [0.4, 0.5) is 11.4 Å². The molecule has 0 radical (unpaired) electrons. The molecular formula is C20H16BrClN2O2. The summed E-state index contributed by atoms with van der Waals surface area (Å²) in [6.45, 7) is 1.94. The second-order valence-electron chi connectivity index (χ2n) is 5.73. The molecule has 4 nitrogen and oxygen atoms in total. The van der Waals surface area contributed by atoms with Crippen molar-refractivity contribution in [3.63, 3.8) is 0 Å². The third kappa shape index (κ3) is 4.36. The van der Waals surface area contributed by atoms with E-state index in [0.717, 1.165) is 15.6 Å². The highest BCUT2D eigenvalue weighted by Gasteiger charge is 2.07. The second-order valence-corrected chi connectivity index (χ2v) is 6.99. The molecule has 0 saturated carbocycles. The summed E-state index contributed by atoms with van der Waals surface area (Å²) in [6, 6.07) is 14.6. The van der Waals surface area contributed by atoms with Crippen LogP contribution in [0, 0.1) is 6.92 Å². The van der Waals surface area contributed by atoms with Gasteiger partial charge in [0.1, 0.15) is 11.5 Å². The molecule has 0 bridgehead atoms. The molecular weight excluding hydrogens is 416 g/mol. The van der Waals surface area contributed by atoms with Gasteiger partial charge in [-0.1, -0.05) is 23.7 Å². The predicted octanol–water partition coefficient (Wildman–Crippen LogP) is 5.91. The topological polar surface area (TPSA) is 68.3 Å². The van der Waals surface area contributed by atoms with Gasteiger partial charge < -0.3 is 15.5 Å². The van der Waals surface area contributed by atoms with E-state index in [1.54, 1.807) is 30.3 Å². The van der Waals surface area contributed by atoms with Crippen LogP contribution in [0.5, 0.6) is 0 Å². The number of amides is 1. The number of carbonyl (C=O) groups excluding carboxylic acids is 1. The van der Waals surface area contributed by atoms with Crippen molar-refractivity contribution in [1.29, 1.82) is 0 Å². The van der Waals surface area contributed by atoms with Gasteiger partial charge in [-0.25, -0.2) is 0 Å². The summed E-state index contributed by atoms with van der Waals surface area (Å²) in [6.07, 6.45) is 3.02. The molecule has 0 unspecified atom stereocenters. The smallest absolute Gasteiger partial charge is 0.248 e. The predicted molar refractivity (Wildman–Crippen MR) is 110 cm³/mol. The van der Waals surface area contributed by atoms with Crippen molar-refractivity contribution in [2.45, 2.75) is 6.92 Å². The summed E-state index contributed by atoms with van der Waals surface area (Å²) >= 11 is 9.52. The molecule has 0 atom stereocenters. The lowest BCUT2D eigenvalue weighted by molar-refractivity contribution is -0.111. The first-order valence-electron chi connectivity index (χ1n) is 7.83. The van der Waals surface area contributed by atoms with Crippen LogP contribution in [0.3, 0.4) is 0 Å². The van der Waals surface area contributed by atoms with E-state index in [2.05, 4.69) is 21.2 Å². The van der Waals surface area contributed by atoms with Crippen LogP contribution in [-0.2, 0) is 4.79 Å². The van der Waals surface area contributed by atoms with Gasteiger partial charge in [-0.15, -0.1) is 0 Å². The largest absolute Gasteiger partial charge is 0.457 e. The maximum atomic E-state index is 12.1. The minimum atomic E-state index is -0.271. The average molecular weight is 432 g/mol. The van der Waals surface area contributed by atoms with Crippen LogP contribution in [0.1, 0.15) is 11.3 Å². The molecule has 0 aliphatic heterocycles. The standard InChI is InChI=1S/C20H16BrClN2O2/c1-12-2-3-13(10-17(12)22)19-8-5-15(26-19)6-9-20(25)24-18-7-4-14(23)11-16(18)21/h2-11H,23H2,1H3,(H,24,25)/b9-6+. The Hall–Kier alpha value is -2.50. The molecule has 0 spiro atoms. The highest BCUT2D eigenvalue weighted by atomic mass is 79.9. The third-order valence-corrected chi connectivity index (χ3v) is 4.80. The van der Waals surface area contributed by atoms with Gasteiger partial charge in [-0.2, -0.15) is 0 Å². The Balaban J connectivity index is 1.69. The molecule has 3 rings (SSSR count). The highest BCUT2D eigenvalue weighted by molar-refractivity contribution is 9.10. The van der Waals surface area contributed by atoms with E-state index in [4.69, 9.17) is 21.8 Å². The Morgan fingerprint density at radius 2 is 2.00 bits per heavy atom.